The van der Waals surface area contributed by atoms with Crippen LogP contribution in [0.3, 0.4) is 0 Å². The topological polar surface area (TPSA) is 26.0 Å². The first kappa shape index (κ1) is 12.3. The van der Waals surface area contributed by atoms with Crippen LogP contribution >= 0.6 is 0 Å². The van der Waals surface area contributed by atoms with Crippen LogP contribution in [0.25, 0.3) is 0 Å². The molecule has 0 aliphatic heterocycles. The normalized spacial score (nSPS) is 14.3. The summed E-state index contributed by atoms with van der Waals surface area (Å²) in [5, 5.41) is 0. The van der Waals surface area contributed by atoms with E-state index in [2.05, 4.69) is 58.9 Å². The Morgan fingerprint density at radius 3 is 1.67 bits per heavy atom. The van der Waals surface area contributed by atoms with Crippen molar-refractivity contribution in [2.24, 2.45) is 11.1 Å². The first-order valence-corrected chi connectivity index (χ1v) is 5.68. The largest absolute Gasteiger partial charge is 0.324 e. The van der Waals surface area contributed by atoms with Crippen LogP contribution in [0.5, 0.6) is 0 Å². The molecule has 0 aliphatic rings. The Morgan fingerprint density at radius 1 is 0.933 bits per heavy atom. The van der Waals surface area contributed by atoms with E-state index in [1.54, 1.807) is 0 Å². The van der Waals surface area contributed by atoms with Crippen molar-refractivity contribution in [2.45, 2.75) is 46.6 Å². The summed E-state index contributed by atoms with van der Waals surface area (Å²) < 4.78 is 0. The number of hydrogen-bond donors (Lipinski definition) is 1. The number of benzene rings is 1. The Labute approximate surface area is 93.7 Å². The fourth-order valence-electron chi connectivity index (χ4n) is 1.59. The second-order valence-electron chi connectivity index (χ2n) is 5.67. The maximum atomic E-state index is 6.20. The Balaban J connectivity index is 2.89. The Morgan fingerprint density at radius 2 is 1.33 bits per heavy atom. The van der Waals surface area contributed by atoms with Crippen LogP contribution in [0.15, 0.2) is 24.3 Å². The molecule has 0 fully saturated rings. The van der Waals surface area contributed by atoms with Gasteiger partial charge in [0, 0.05) is 6.04 Å². The molecule has 1 atom stereocenters. The van der Waals surface area contributed by atoms with E-state index in [1.165, 1.54) is 11.1 Å². The van der Waals surface area contributed by atoms with Crippen LogP contribution in [0.1, 0.15) is 57.7 Å². The lowest BCUT2D eigenvalue weighted by Crippen LogP contribution is -2.26. The van der Waals surface area contributed by atoms with Crippen molar-refractivity contribution in [3.63, 3.8) is 0 Å². The number of nitrogens with two attached hydrogens (primary N) is 1. The zero-order valence-electron chi connectivity index (χ0n) is 10.5. The molecule has 1 nitrogen and oxygen atoms in total. The second kappa shape index (κ2) is 4.36. The van der Waals surface area contributed by atoms with E-state index in [1.807, 2.05) is 0 Å². The van der Waals surface area contributed by atoms with Crippen molar-refractivity contribution in [1.82, 2.24) is 0 Å². The van der Waals surface area contributed by atoms with E-state index in [4.69, 9.17) is 5.73 Å². The molecule has 0 radical (unpaired) electrons. The van der Waals surface area contributed by atoms with E-state index in [9.17, 15) is 0 Å². The molecule has 0 heterocycles. The van der Waals surface area contributed by atoms with Gasteiger partial charge in [0.2, 0.25) is 0 Å². The average Bonchev–Trinajstić information content (AvgIpc) is 2.15. The minimum Gasteiger partial charge on any atom is -0.324 e. The summed E-state index contributed by atoms with van der Waals surface area (Å²) in [6.45, 7) is 10.9. The van der Waals surface area contributed by atoms with E-state index in [-0.39, 0.29) is 11.5 Å². The highest BCUT2D eigenvalue weighted by Gasteiger charge is 2.21. The van der Waals surface area contributed by atoms with Crippen LogP contribution in [0.4, 0.5) is 0 Å². The molecule has 1 aromatic carbocycles. The van der Waals surface area contributed by atoms with E-state index in [0.29, 0.717) is 5.92 Å². The zero-order valence-corrected chi connectivity index (χ0v) is 10.5. The smallest absolute Gasteiger partial charge is 0.0344 e. The molecule has 0 saturated heterocycles. The van der Waals surface area contributed by atoms with Crippen molar-refractivity contribution in [2.75, 3.05) is 0 Å². The summed E-state index contributed by atoms with van der Waals surface area (Å²) in [6, 6.07) is 8.80. The van der Waals surface area contributed by atoms with Crippen LogP contribution in [0, 0.1) is 5.41 Å². The lowest BCUT2D eigenvalue weighted by atomic mass is 9.82. The van der Waals surface area contributed by atoms with Gasteiger partial charge in [0.25, 0.3) is 0 Å². The fourth-order valence-corrected chi connectivity index (χ4v) is 1.59. The summed E-state index contributed by atoms with van der Waals surface area (Å²) in [7, 11) is 0. The maximum Gasteiger partial charge on any atom is 0.0344 e. The fraction of sp³-hybridized carbons (Fsp3) is 0.571. The highest BCUT2D eigenvalue weighted by molar-refractivity contribution is 5.27. The summed E-state index contributed by atoms with van der Waals surface area (Å²) in [4.78, 5) is 0. The first-order chi connectivity index (χ1) is 6.82. The van der Waals surface area contributed by atoms with Crippen LogP contribution in [-0.4, -0.2) is 0 Å². The summed E-state index contributed by atoms with van der Waals surface area (Å²) >= 11 is 0. The Hall–Kier alpha value is -0.820. The van der Waals surface area contributed by atoms with Gasteiger partial charge in [-0.2, -0.15) is 0 Å². The molecule has 1 unspecified atom stereocenters. The van der Waals surface area contributed by atoms with Crippen molar-refractivity contribution in [3.8, 4) is 0 Å². The standard InChI is InChI=1S/C14H23N/c1-10(2)11-6-8-12(9-7-11)13(15)14(3,4)5/h6-10,13H,15H2,1-5H3. The third kappa shape index (κ3) is 3.07. The van der Waals surface area contributed by atoms with Gasteiger partial charge >= 0.3 is 0 Å². The minimum atomic E-state index is 0.110. The van der Waals surface area contributed by atoms with Gasteiger partial charge < -0.3 is 5.73 Å². The summed E-state index contributed by atoms with van der Waals surface area (Å²) in [5.74, 6) is 0.588. The van der Waals surface area contributed by atoms with Gasteiger partial charge in [-0.1, -0.05) is 58.9 Å². The quantitative estimate of drug-likeness (QED) is 0.779. The van der Waals surface area contributed by atoms with E-state index in [0.717, 1.165) is 0 Å². The van der Waals surface area contributed by atoms with Gasteiger partial charge in [0.15, 0.2) is 0 Å². The van der Waals surface area contributed by atoms with E-state index >= 15 is 0 Å². The van der Waals surface area contributed by atoms with Crippen molar-refractivity contribution in [3.05, 3.63) is 35.4 Å². The molecule has 0 bridgehead atoms. The van der Waals surface area contributed by atoms with Crippen LogP contribution in [0.2, 0.25) is 0 Å². The second-order valence-corrected chi connectivity index (χ2v) is 5.67. The molecule has 0 amide bonds. The SMILES string of the molecule is CC(C)c1ccc(C(N)C(C)(C)C)cc1. The van der Waals surface area contributed by atoms with Gasteiger partial charge in [-0.3, -0.25) is 0 Å². The van der Waals surface area contributed by atoms with Crippen molar-refractivity contribution >= 4 is 0 Å². The van der Waals surface area contributed by atoms with Crippen LogP contribution < -0.4 is 5.73 Å². The lowest BCUT2D eigenvalue weighted by Gasteiger charge is -2.27. The van der Waals surface area contributed by atoms with Gasteiger partial charge in [-0.15, -0.1) is 0 Å². The molecule has 0 aromatic heterocycles. The molecule has 1 heteroatoms. The van der Waals surface area contributed by atoms with Crippen LogP contribution in [-0.2, 0) is 0 Å². The van der Waals surface area contributed by atoms with E-state index < -0.39 is 0 Å². The maximum absolute atomic E-state index is 6.20. The molecular weight excluding hydrogens is 182 g/mol. The Bertz CT molecular complexity index is 303. The monoisotopic (exact) mass is 205 g/mol. The molecule has 15 heavy (non-hydrogen) atoms. The summed E-state index contributed by atoms with van der Waals surface area (Å²) in [5.41, 5.74) is 8.93. The predicted octanol–water partition coefficient (Wildman–Crippen LogP) is 3.86. The van der Waals surface area contributed by atoms with Gasteiger partial charge in [0.1, 0.15) is 0 Å². The van der Waals surface area contributed by atoms with Gasteiger partial charge in [-0.25, -0.2) is 0 Å². The molecule has 2 N–H and O–H groups in total. The highest BCUT2D eigenvalue weighted by Crippen LogP contribution is 2.30. The highest BCUT2D eigenvalue weighted by atomic mass is 14.7. The minimum absolute atomic E-state index is 0.110. The molecular formula is C14H23N. The third-order valence-electron chi connectivity index (χ3n) is 2.90. The summed E-state index contributed by atoms with van der Waals surface area (Å²) in [6.07, 6.45) is 0. The molecule has 84 valence electrons. The zero-order chi connectivity index (χ0) is 11.6. The Kier molecular flexibility index (Phi) is 3.56. The van der Waals surface area contributed by atoms with Crippen molar-refractivity contribution in [1.29, 1.82) is 0 Å². The third-order valence-corrected chi connectivity index (χ3v) is 2.90. The number of hydrogen-bond acceptors (Lipinski definition) is 1. The average molecular weight is 205 g/mol. The van der Waals surface area contributed by atoms with Gasteiger partial charge in [-0.05, 0) is 22.5 Å². The number of rotatable bonds is 2. The predicted molar refractivity (Wildman–Crippen MR) is 66.9 cm³/mol. The molecule has 1 aromatic rings. The molecule has 0 spiro atoms. The van der Waals surface area contributed by atoms with Gasteiger partial charge in [0.05, 0.1) is 0 Å². The molecule has 0 aliphatic carbocycles. The molecule has 1 rings (SSSR count). The first-order valence-electron chi connectivity index (χ1n) is 5.68. The van der Waals surface area contributed by atoms with Crippen molar-refractivity contribution < 1.29 is 0 Å². The molecule has 0 saturated carbocycles. The lowest BCUT2D eigenvalue weighted by molar-refractivity contribution is 0.327.